The lowest BCUT2D eigenvalue weighted by atomic mass is 9.96. The van der Waals surface area contributed by atoms with Crippen molar-refractivity contribution in [2.45, 2.75) is 45.1 Å². The van der Waals surface area contributed by atoms with E-state index >= 15 is 0 Å². The average Bonchev–Trinajstić information content (AvgIpc) is 2.08. The molecule has 0 bridgehead atoms. The zero-order valence-corrected chi connectivity index (χ0v) is 7.90. The van der Waals surface area contributed by atoms with Crippen LogP contribution in [0.3, 0.4) is 0 Å². The Labute approximate surface area is 70.5 Å². The normalized spacial score (nSPS) is 18.8. The lowest BCUT2D eigenvalue weighted by Gasteiger charge is -2.20. The summed E-state index contributed by atoms with van der Waals surface area (Å²) in [4.78, 5) is 0. The van der Waals surface area contributed by atoms with Crippen LogP contribution in [0.1, 0.15) is 39.0 Å². The molecule has 0 atom stereocenters. The molecule has 11 heavy (non-hydrogen) atoms. The molecule has 0 radical (unpaired) electrons. The van der Waals surface area contributed by atoms with Crippen LogP contribution in [0.15, 0.2) is 0 Å². The molecule has 1 saturated carbocycles. The van der Waals surface area contributed by atoms with E-state index in [2.05, 4.69) is 12.4 Å². The number of nitrogens with two attached hydrogens (primary N) is 1. The number of rotatable bonds is 1. The molecule has 0 saturated heterocycles. The molecule has 0 heterocycles. The van der Waals surface area contributed by atoms with Crippen LogP contribution in [-0.4, -0.2) is 19.6 Å². The number of hydrogen-bond donors (Lipinski definition) is 2. The second kappa shape index (κ2) is 8.02. The number of nitrogens with one attached hydrogen (secondary N) is 1. The van der Waals surface area contributed by atoms with Crippen molar-refractivity contribution in [1.82, 2.24) is 5.32 Å². The minimum absolute atomic E-state index is 0.750. The van der Waals surface area contributed by atoms with Gasteiger partial charge in [-0.25, -0.2) is 0 Å². The summed E-state index contributed by atoms with van der Waals surface area (Å²) in [6.07, 6.45) is 7.13. The average molecular weight is 158 g/mol. The van der Waals surface area contributed by atoms with Crippen molar-refractivity contribution in [2.24, 2.45) is 5.73 Å². The monoisotopic (exact) mass is 158 g/mol. The lowest BCUT2D eigenvalue weighted by Crippen LogP contribution is -2.26. The van der Waals surface area contributed by atoms with Gasteiger partial charge in [0, 0.05) is 6.04 Å². The first kappa shape index (κ1) is 10.9. The maximum Gasteiger partial charge on any atom is 0.00640 e. The SMILES string of the molecule is CCN.CNC1CCCCC1. The second-order valence-corrected chi connectivity index (χ2v) is 3.03. The Balaban J connectivity index is 0.000000292. The summed E-state index contributed by atoms with van der Waals surface area (Å²) in [7, 11) is 2.07. The van der Waals surface area contributed by atoms with E-state index in [9.17, 15) is 0 Å². The lowest BCUT2D eigenvalue weighted by molar-refractivity contribution is 0.394. The fourth-order valence-corrected chi connectivity index (χ4v) is 1.39. The Morgan fingerprint density at radius 3 is 2.00 bits per heavy atom. The predicted octanol–water partition coefficient (Wildman–Crippen LogP) is 1.50. The van der Waals surface area contributed by atoms with E-state index < -0.39 is 0 Å². The second-order valence-electron chi connectivity index (χ2n) is 3.03. The molecule has 2 nitrogen and oxygen atoms in total. The van der Waals surface area contributed by atoms with Crippen LogP contribution in [0.5, 0.6) is 0 Å². The van der Waals surface area contributed by atoms with Gasteiger partial charge in [0.15, 0.2) is 0 Å². The first-order chi connectivity index (χ1) is 5.35. The van der Waals surface area contributed by atoms with E-state index in [1.807, 2.05) is 6.92 Å². The molecular formula is C9H22N2. The quantitative estimate of drug-likeness (QED) is 0.607. The summed E-state index contributed by atoms with van der Waals surface area (Å²) >= 11 is 0. The topological polar surface area (TPSA) is 38.0 Å². The van der Waals surface area contributed by atoms with Gasteiger partial charge in [-0.1, -0.05) is 26.2 Å². The Bertz CT molecular complexity index is 68.0. The van der Waals surface area contributed by atoms with Crippen molar-refractivity contribution in [3.63, 3.8) is 0 Å². The van der Waals surface area contributed by atoms with Crippen molar-refractivity contribution in [3.8, 4) is 0 Å². The fourth-order valence-electron chi connectivity index (χ4n) is 1.39. The molecule has 1 fully saturated rings. The molecule has 3 N–H and O–H groups in total. The van der Waals surface area contributed by atoms with E-state index in [-0.39, 0.29) is 0 Å². The molecule has 0 aromatic rings. The Morgan fingerprint density at radius 2 is 1.73 bits per heavy atom. The molecule has 0 aromatic heterocycles. The van der Waals surface area contributed by atoms with E-state index in [1.54, 1.807) is 0 Å². The van der Waals surface area contributed by atoms with Gasteiger partial charge in [0.05, 0.1) is 0 Å². The molecule has 1 aliphatic rings. The van der Waals surface area contributed by atoms with Gasteiger partial charge in [-0.3, -0.25) is 0 Å². The minimum atomic E-state index is 0.750. The third kappa shape index (κ3) is 6.32. The zero-order valence-electron chi connectivity index (χ0n) is 7.90. The van der Waals surface area contributed by atoms with Crippen LogP contribution in [-0.2, 0) is 0 Å². The van der Waals surface area contributed by atoms with Crippen LogP contribution in [0.25, 0.3) is 0 Å². The van der Waals surface area contributed by atoms with Gasteiger partial charge >= 0.3 is 0 Å². The summed E-state index contributed by atoms with van der Waals surface area (Å²) in [6.45, 7) is 2.65. The van der Waals surface area contributed by atoms with Gasteiger partial charge in [0.2, 0.25) is 0 Å². The van der Waals surface area contributed by atoms with Crippen LogP contribution >= 0.6 is 0 Å². The van der Waals surface area contributed by atoms with Crippen molar-refractivity contribution in [3.05, 3.63) is 0 Å². The number of hydrogen-bond acceptors (Lipinski definition) is 2. The van der Waals surface area contributed by atoms with Crippen LogP contribution in [0.2, 0.25) is 0 Å². The predicted molar refractivity (Wildman–Crippen MR) is 50.7 cm³/mol. The summed E-state index contributed by atoms with van der Waals surface area (Å²) in [5, 5.41) is 3.30. The highest BCUT2D eigenvalue weighted by molar-refractivity contribution is 4.68. The molecule has 0 aliphatic heterocycles. The van der Waals surface area contributed by atoms with E-state index in [0.29, 0.717) is 0 Å². The molecule has 0 aromatic carbocycles. The first-order valence-electron chi connectivity index (χ1n) is 4.72. The molecule has 1 aliphatic carbocycles. The summed E-state index contributed by atoms with van der Waals surface area (Å²) in [5.41, 5.74) is 4.85. The molecule has 2 heteroatoms. The van der Waals surface area contributed by atoms with Gasteiger partial charge in [-0.05, 0) is 26.4 Å². The summed E-state index contributed by atoms with van der Waals surface area (Å²) < 4.78 is 0. The molecular weight excluding hydrogens is 136 g/mol. The minimum Gasteiger partial charge on any atom is -0.331 e. The molecule has 0 spiro atoms. The Morgan fingerprint density at radius 1 is 1.27 bits per heavy atom. The molecule has 0 amide bonds. The Kier molecular flexibility index (Phi) is 7.96. The molecule has 0 unspecified atom stereocenters. The van der Waals surface area contributed by atoms with E-state index in [0.717, 1.165) is 12.6 Å². The van der Waals surface area contributed by atoms with Crippen LogP contribution in [0, 0.1) is 0 Å². The third-order valence-corrected chi connectivity index (χ3v) is 2.01. The van der Waals surface area contributed by atoms with Gasteiger partial charge in [-0.15, -0.1) is 0 Å². The van der Waals surface area contributed by atoms with Crippen molar-refractivity contribution in [2.75, 3.05) is 13.6 Å². The van der Waals surface area contributed by atoms with Gasteiger partial charge in [0.1, 0.15) is 0 Å². The van der Waals surface area contributed by atoms with Gasteiger partial charge in [0.25, 0.3) is 0 Å². The molecule has 1 rings (SSSR count). The standard InChI is InChI=1S/C7H15N.C2H7N/c1-8-7-5-3-2-4-6-7;1-2-3/h7-8H,2-6H2,1H3;2-3H2,1H3. The van der Waals surface area contributed by atoms with Crippen LogP contribution < -0.4 is 11.1 Å². The van der Waals surface area contributed by atoms with Crippen molar-refractivity contribution in [1.29, 1.82) is 0 Å². The molecule has 68 valence electrons. The van der Waals surface area contributed by atoms with Crippen molar-refractivity contribution < 1.29 is 0 Å². The van der Waals surface area contributed by atoms with Gasteiger partial charge < -0.3 is 11.1 Å². The highest BCUT2D eigenvalue weighted by Gasteiger charge is 2.09. The largest absolute Gasteiger partial charge is 0.331 e. The van der Waals surface area contributed by atoms with E-state index in [4.69, 9.17) is 5.73 Å². The summed E-state index contributed by atoms with van der Waals surface area (Å²) in [6, 6.07) is 0.837. The Hall–Kier alpha value is -0.0800. The van der Waals surface area contributed by atoms with Crippen molar-refractivity contribution >= 4 is 0 Å². The summed E-state index contributed by atoms with van der Waals surface area (Å²) in [5.74, 6) is 0. The maximum atomic E-state index is 4.85. The van der Waals surface area contributed by atoms with E-state index in [1.165, 1.54) is 32.1 Å². The third-order valence-electron chi connectivity index (χ3n) is 2.01. The first-order valence-corrected chi connectivity index (χ1v) is 4.72. The highest BCUT2D eigenvalue weighted by Crippen LogP contribution is 2.16. The fraction of sp³-hybridized carbons (Fsp3) is 1.00. The zero-order chi connectivity index (χ0) is 8.53. The van der Waals surface area contributed by atoms with Crippen LogP contribution in [0.4, 0.5) is 0 Å². The maximum absolute atomic E-state index is 4.85. The highest BCUT2D eigenvalue weighted by atomic mass is 14.9. The smallest absolute Gasteiger partial charge is 0.00640 e. The van der Waals surface area contributed by atoms with Gasteiger partial charge in [-0.2, -0.15) is 0 Å².